The Labute approximate surface area is 135 Å². The molecule has 1 amide bonds. The first-order valence-corrected chi connectivity index (χ1v) is 8.58. The minimum absolute atomic E-state index is 0.193. The quantitative estimate of drug-likeness (QED) is 0.905. The molecule has 0 radical (unpaired) electrons. The molecular formula is C18H21N3O2. The van der Waals surface area contributed by atoms with E-state index in [1.807, 2.05) is 30.3 Å². The van der Waals surface area contributed by atoms with E-state index in [4.69, 9.17) is 9.73 Å². The third-order valence-electron chi connectivity index (χ3n) is 6.26. The van der Waals surface area contributed by atoms with E-state index >= 15 is 0 Å². The van der Waals surface area contributed by atoms with Crippen LogP contribution in [-0.2, 0) is 9.53 Å². The molecule has 3 atom stereocenters. The molecule has 4 fully saturated rings. The Morgan fingerprint density at radius 1 is 1.22 bits per heavy atom. The van der Waals surface area contributed by atoms with Crippen molar-refractivity contribution in [1.82, 2.24) is 10.2 Å². The van der Waals surface area contributed by atoms with E-state index in [2.05, 4.69) is 10.2 Å². The summed E-state index contributed by atoms with van der Waals surface area (Å²) >= 11 is 0. The minimum Gasteiger partial charge on any atom is -0.379 e. The van der Waals surface area contributed by atoms with Gasteiger partial charge in [0.1, 0.15) is 5.84 Å². The van der Waals surface area contributed by atoms with E-state index in [9.17, 15) is 4.79 Å². The highest BCUT2D eigenvalue weighted by molar-refractivity contribution is 6.21. The lowest BCUT2D eigenvalue weighted by Crippen LogP contribution is -2.53. The molecule has 0 bridgehead atoms. The molecule has 4 aliphatic rings. The van der Waals surface area contributed by atoms with Crippen molar-refractivity contribution in [3.63, 3.8) is 0 Å². The molecule has 5 nitrogen and oxygen atoms in total. The van der Waals surface area contributed by atoms with Crippen molar-refractivity contribution in [2.75, 3.05) is 26.3 Å². The predicted octanol–water partition coefficient (Wildman–Crippen LogP) is 1.72. The Balaban J connectivity index is 1.61. The van der Waals surface area contributed by atoms with Gasteiger partial charge in [-0.05, 0) is 25.0 Å². The monoisotopic (exact) mass is 311 g/mol. The predicted molar refractivity (Wildman–Crippen MR) is 86.6 cm³/mol. The van der Waals surface area contributed by atoms with Gasteiger partial charge in [0.15, 0.2) is 0 Å². The molecule has 2 saturated carbocycles. The van der Waals surface area contributed by atoms with Gasteiger partial charge in [-0.3, -0.25) is 9.69 Å². The SMILES string of the molecule is O=C1NC(=Nc2ccccc2)[C@@]2(N3CCOCC3)[C@@H]3CCC[C@@]132. The molecule has 0 aromatic heterocycles. The third kappa shape index (κ3) is 1.54. The van der Waals surface area contributed by atoms with Gasteiger partial charge in [-0.1, -0.05) is 24.6 Å². The number of carbonyl (C=O) groups is 1. The Kier molecular flexibility index (Phi) is 2.77. The number of benzene rings is 1. The number of morpholine rings is 1. The van der Waals surface area contributed by atoms with Crippen LogP contribution in [0.3, 0.4) is 0 Å². The number of amides is 1. The van der Waals surface area contributed by atoms with Gasteiger partial charge in [0.25, 0.3) is 0 Å². The number of hydrogen-bond donors (Lipinski definition) is 1. The normalized spacial score (nSPS) is 40.8. The molecule has 1 aromatic rings. The van der Waals surface area contributed by atoms with E-state index in [0.29, 0.717) is 5.92 Å². The number of piperidine rings is 1. The van der Waals surface area contributed by atoms with Crippen molar-refractivity contribution in [1.29, 1.82) is 0 Å². The van der Waals surface area contributed by atoms with Gasteiger partial charge >= 0.3 is 0 Å². The number of hydrogen-bond acceptors (Lipinski definition) is 4. The van der Waals surface area contributed by atoms with Gasteiger partial charge < -0.3 is 10.1 Å². The molecule has 2 heterocycles. The van der Waals surface area contributed by atoms with Gasteiger partial charge in [0.2, 0.25) is 5.91 Å². The molecule has 2 aliphatic heterocycles. The Hall–Kier alpha value is -1.72. The molecule has 5 rings (SSSR count). The lowest BCUT2D eigenvalue weighted by atomic mass is 9.95. The molecule has 1 spiro atoms. The maximum absolute atomic E-state index is 12.8. The van der Waals surface area contributed by atoms with E-state index in [1.165, 1.54) is 0 Å². The highest BCUT2D eigenvalue weighted by Gasteiger charge is 2.89. The van der Waals surface area contributed by atoms with E-state index in [0.717, 1.165) is 57.1 Å². The Morgan fingerprint density at radius 2 is 2.00 bits per heavy atom. The van der Waals surface area contributed by atoms with Crippen LogP contribution < -0.4 is 5.32 Å². The molecule has 2 aliphatic carbocycles. The molecular weight excluding hydrogens is 290 g/mol. The van der Waals surface area contributed by atoms with Crippen LogP contribution in [0.15, 0.2) is 35.3 Å². The first-order valence-electron chi connectivity index (χ1n) is 8.58. The van der Waals surface area contributed by atoms with Crippen LogP contribution in [0.1, 0.15) is 19.3 Å². The number of carbonyl (C=O) groups excluding carboxylic acids is 1. The van der Waals surface area contributed by atoms with Crippen molar-refractivity contribution < 1.29 is 9.53 Å². The Bertz CT molecular complexity index is 683. The van der Waals surface area contributed by atoms with Gasteiger partial charge in [0, 0.05) is 19.0 Å². The second-order valence-electron chi connectivity index (χ2n) is 7.03. The summed E-state index contributed by atoms with van der Waals surface area (Å²) in [6.07, 6.45) is 3.29. The standard InChI is InChI=1S/C18H21N3O2/c22-16-17-8-4-7-14(17)18(17,21-9-11-23-12-10-21)15(20-16)19-13-5-2-1-3-6-13/h1-3,5-6,14H,4,7-12H2,(H,19,20,22)/t14-,17+,18+/m1/s1. The fraction of sp³-hybridized carbons (Fsp3) is 0.556. The number of nitrogens with one attached hydrogen (secondary N) is 1. The van der Waals surface area contributed by atoms with Crippen molar-refractivity contribution in [2.24, 2.45) is 16.3 Å². The number of rotatable bonds is 2. The van der Waals surface area contributed by atoms with Crippen LogP contribution in [-0.4, -0.2) is 48.5 Å². The van der Waals surface area contributed by atoms with Crippen LogP contribution >= 0.6 is 0 Å². The summed E-state index contributed by atoms with van der Waals surface area (Å²) in [6.45, 7) is 3.27. The first kappa shape index (κ1) is 13.7. The molecule has 1 N–H and O–H groups in total. The topological polar surface area (TPSA) is 53.9 Å². The second kappa shape index (κ2) is 4.65. The average Bonchev–Trinajstić information content (AvgIpc) is 2.85. The van der Waals surface area contributed by atoms with Crippen molar-refractivity contribution in [3.8, 4) is 0 Å². The first-order chi connectivity index (χ1) is 11.3. The number of ether oxygens (including phenoxy) is 1. The second-order valence-corrected chi connectivity index (χ2v) is 7.03. The summed E-state index contributed by atoms with van der Waals surface area (Å²) in [7, 11) is 0. The van der Waals surface area contributed by atoms with Crippen molar-refractivity contribution >= 4 is 17.4 Å². The molecule has 120 valence electrons. The minimum atomic E-state index is -0.224. The van der Waals surface area contributed by atoms with Crippen molar-refractivity contribution in [3.05, 3.63) is 30.3 Å². The number of amidine groups is 1. The summed E-state index contributed by atoms with van der Waals surface area (Å²) in [5.41, 5.74) is 0.498. The van der Waals surface area contributed by atoms with E-state index in [1.54, 1.807) is 0 Å². The maximum Gasteiger partial charge on any atom is 0.234 e. The smallest absolute Gasteiger partial charge is 0.234 e. The number of para-hydroxylation sites is 1. The van der Waals surface area contributed by atoms with E-state index in [-0.39, 0.29) is 16.9 Å². The molecule has 5 heteroatoms. The van der Waals surface area contributed by atoms with Gasteiger partial charge in [-0.25, -0.2) is 4.99 Å². The molecule has 2 saturated heterocycles. The lowest BCUT2D eigenvalue weighted by Gasteiger charge is -2.36. The summed E-state index contributed by atoms with van der Waals surface area (Å²) in [4.78, 5) is 20.1. The maximum atomic E-state index is 12.8. The zero-order valence-electron chi connectivity index (χ0n) is 13.1. The van der Waals surface area contributed by atoms with Crippen LogP contribution in [0.4, 0.5) is 5.69 Å². The largest absolute Gasteiger partial charge is 0.379 e. The average molecular weight is 311 g/mol. The van der Waals surface area contributed by atoms with Gasteiger partial charge in [-0.15, -0.1) is 0 Å². The zero-order chi connectivity index (χ0) is 15.5. The third-order valence-corrected chi connectivity index (χ3v) is 6.26. The summed E-state index contributed by atoms with van der Waals surface area (Å²) in [5, 5.41) is 3.13. The van der Waals surface area contributed by atoms with Crippen LogP contribution in [0, 0.1) is 11.3 Å². The highest BCUT2D eigenvalue weighted by Crippen LogP contribution is 2.76. The number of nitrogens with zero attached hydrogens (tertiary/aromatic N) is 2. The van der Waals surface area contributed by atoms with Crippen LogP contribution in [0.25, 0.3) is 0 Å². The number of aliphatic imine (C=N–C) groups is 1. The van der Waals surface area contributed by atoms with Crippen LogP contribution in [0.2, 0.25) is 0 Å². The molecule has 0 unspecified atom stereocenters. The Morgan fingerprint density at radius 3 is 2.74 bits per heavy atom. The summed E-state index contributed by atoms with van der Waals surface area (Å²) in [6, 6.07) is 9.95. The van der Waals surface area contributed by atoms with Gasteiger partial charge in [0.05, 0.1) is 29.9 Å². The highest BCUT2D eigenvalue weighted by atomic mass is 16.5. The molecule has 23 heavy (non-hydrogen) atoms. The van der Waals surface area contributed by atoms with E-state index < -0.39 is 0 Å². The molecule has 1 aromatic carbocycles. The van der Waals surface area contributed by atoms with Crippen LogP contribution in [0.5, 0.6) is 0 Å². The zero-order valence-corrected chi connectivity index (χ0v) is 13.1. The van der Waals surface area contributed by atoms with Crippen molar-refractivity contribution in [2.45, 2.75) is 24.8 Å². The summed E-state index contributed by atoms with van der Waals surface area (Å²) < 4.78 is 5.54. The fourth-order valence-electron chi connectivity index (χ4n) is 5.45. The fourth-order valence-corrected chi connectivity index (χ4v) is 5.45. The number of fused-ring (bicyclic) bond motifs is 1. The van der Waals surface area contributed by atoms with Gasteiger partial charge in [-0.2, -0.15) is 0 Å². The summed E-state index contributed by atoms with van der Waals surface area (Å²) in [5.74, 6) is 1.51. The lowest BCUT2D eigenvalue weighted by molar-refractivity contribution is -0.125.